The lowest BCUT2D eigenvalue weighted by molar-refractivity contribution is 0.0922. The van der Waals surface area contributed by atoms with Crippen molar-refractivity contribution in [2.24, 2.45) is 0 Å². The normalized spacial score (nSPS) is 30.7. The highest BCUT2D eigenvalue weighted by Crippen LogP contribution is 2.25. The first kappa shape index (κ1) is 11.0. The van der Waals surface area contributed by atoms with Gasteiger partial charge < -0.3 is 0 Å². The van der Waals surface area contributed by atoms with Crippen LogP contribution in [0.1, 0.15) is 59.3 Å². The standard InChI is InChI=1S/C12H25N/c1-4-6-9-12-10-7-8-11(3)13(12)5-2/h11-12H,4-10H2,1-3H3. The van der Waals surface area contributed by atoms with E-state index in [2.05, 4.69) is 25.7 Å². The minimum atomic E-state index is 0.834. The zero-order valence-electron chi connectivity index (χ0n) is 9.55. The lowest BCUT2D eigenvalue weighted by Gasteiger charge is -2.40. The SMILES string of the molecule is CCCCC1CCCC(C)N1CC. The van der Waals surface area contributed by atoms with Gasteiger partial charge in [0.15, 0.2) is 0 Å². The van der Waals surface area contributed by atoms with Crippen LogP contribution in [0.4, 0.5) is 0 Å². The fourth-order valence-corrected chi connectivity index (χ4v) is 2.66. The van der Waals surface area contributed by atoms with Gasteiger partial charge >= 0.3 is 0 Å². The summed E-state index contributed by atoms with van der Waals surface area (Å²) in [7, 11) is 0. The molecular formula is C12H25N. The zero-order chi connectivity index (χ0) is 9.68. The Morgan fingerprint density at radius 3 is 2.62 bits per heavy atom. The predicted octanol–water partition coefficient (Wildman–Crippen LogP) is 3.44. The molecule has 0 radical (unpaired) electrons. The van der Waals surface area contributed by atoms with Gasteiger partial charge in [0.05, 0.1) is 0 Å². The molecule has 1 heteroatoms. The maximum Gasteiger partial charge on any atom is 0.00979 e. The number of rotatable bonds is 4. The average Bonchev–Trinajstić information content (AvgIpc) is 2.15. The quantitative estimate of drug-likeness (QED) is 0.645. The Kier molecular flexibility index (Phi) is 4.79. The minimum absolute atomic E-state index is 0.834. The van der Waals surface area contributed by atoms with Crippen LogP contribution in [0, 0.1) is 0 Å². The molecule has 0 aromatic carbocycles. The Morgan fingerprint density at radius 2 is 2.00 bits per heavy atom. The van der Waals surface area contributed by atoms with E-state index < -0.39 is 0 Å². The predicted molar refractivity (Wildman–Crippen MR) is 59.0 cm³/mol. The molecule has 0 aromatic rings. The monoisotopic (exact) mass is 183 g/mol. The molecule has 0 N–H and O–H groups in total. The third-order valence-corrected chi connectivity index (χ3v) is 3.45. The number of piperidine rings is 1. The maximum atomic E-state index is 2.71. The van der Waals surface area contributed by atoms with Crippen molar-refractivity contribution in [1.82, 2.24) is 4.90 Å². The van der Waals surface area contributed by atoms with Crippen LogP contribution in [-0.4, -0.2) is 23.5 Å². The highest BCUT2D eigenvalue weighted by atomic mass is 15.2. The summed E-state index contributed by atoms with van der Waals surface area (Å²) >= 11 is 0. The van der Waals surface area contributed by atoms with Gasteiger partial charge in [-0.2, -0.15) is 0 Å². The molecule has 13 heavy (non-hydrogen) atoms. The highest BCUT2D eigenvalue weighted by molar-refractivity contribution is 4.81. The topological polar surface area (TPSA) is 3.24 Å². The molecule has 1 aliphatic rings. The molecule has 2 atom stereocenters. The molecule has 1 nitrogen and oxygen atoms in total. The summed E-state index contributed by atoms with van der Waals surface area (Å²) < 4.78 is 0. The first-order chi connectivity index (χ1) is 6.29. The summed E-state index contributed by atoms with van der Waals surface area (Å²) in [4.78, 5) is 2.71. The van der Waals surface area contributed by atoms with Crippen molar-refractivity contribution in [2.75, 3.05) is 6.54 Å². The highest BCUT2D eigenvalue weighted by Gasteiger charge is 2.25. The molecule has 1 fully saturated rings. The van der Waals surface area contributed by atoms with Gasteiger partial charge in [0, 0.05) is 12.1 Å². The van der Waals surface area contributed by atoms with E-state index in [1.807, 2.05) is 0 Å². The van der Waals surface area contributed by atoms with Crippen LogP contribution in [0.25, 0.3) is 0 Å². The molecule has 0 amide bonds. The Morgan fingerprint density at radius 1 is 1.23 bits per heavy atom. The largest absolute Gasteiger partial charge is 0.298 e. The van der Waals surface area contributed by atoms with Crippen LogP contribution in [-0.2, 0) is 0 Å². The summed E-state index contributed by atoms with van der Waals surface area (Å²) in [6.07, 6.45) is 8.49. The number of hydrogen-bond acceptors (Lipinski definition) is 1. The second-order valence-electron chi connectivity index (χ2n) is 4.41. The van der Waals surface area contributed by atoms with E-state index in [1.165, 1.54) is 45.1 Å². The molecule has 1 heterocycles. The van der Waals surface area contributed by atoms with E-state index in [0.717, 1.165) is 12.1 Å². The molecule has 1 rings (SSSR count). The fraction of sp³-hybridized carbons (Fsp3) is 1.00. The van der Waals surface area contributed by atoms with Gasteiger partial charge in [-0.1, -0.05) is 33.1 Å². The van der Waals surface area contributed by atoms with E-state index in [-0.39, 0.29) is 0 Å². The van der Waals surface area contributed by atoms with E-state index in [4.69, 9.17) is 0 Å². The third-order valence-electron chi connectivity index (χ3n) is 3.45. The van der Waals surface area contributed by atoms with Crippen molar-refractivity contribution in [2.45, 2.75) is 71.4 Å². The number of nitrogens with zero attached hydrogens (tertiary/aromatic N) is 1. The first-order valence-electron chi connectivity index (χ1n) is 6.05. The van der Waals surface area contributed by atoms with Crippen molar-refractivity contribution >= 4 is 0 Å². The molecule has 1 aliphatic heterocycles. The molecule has 0 saturated carbocycles. The van der Waals surface area contributed by atoms with E-state index in [1.54, 1.807) is 0 Å². The Balaban J connectivity index is 2.39. The summed E-state index contributed by atoms with van der Waals surface area (Å²) in [5.74, 6) is 0. The number of likely N-dealkylation sites (tertiary alicyclic amines) is 1. The third kappa shape index (κ3) is 2.98. The zero-order valence-corrected chi connectivity index (χ0v) is 9.55. The second kappa shape index (κ2) is 5.64. The molecule has 2 unspecified atom stereocenters. The molecule has 1 saturated heterocycles. The lowest BCUT2D eigenvalue weighted by atomic mass is 9.93. The molecular weight excluding hydrogens is 158 g/mol. The van der Waals surface area contributed by atoms with Gasteiger partial charge in [0.2, 0.25) is 0 Å². The average molecular weight is 183 g/mol. The van der Waals surface area contributed by atoms with Crippen LogP contribution in [0.15, 0.2) is 0 Å². The van der Waals surface area contributed by atoms with Crippen LogP contribution < -0.4 is 0 Å². The molecule has 0 bridgehead atoms. The smallest absolute Gasteiger partial charge is 0.00979 e. The van der Waals surface area contributed by atoms with Gasteiger partial charge in [-0.15, -0.1) is 0 Å². The van der Waals surface area contributed by atoms with E-state index in [0.29, 0.717) is 0 Å². The Hall–Kier alpha value is -0.0400. The van der Waals surface area contributed by atoms with Gasteiger partial charge in [0.25, 0.3) is 0 Å². The van der Waals surface area contributed by atoms with Gasteiger partial charge in [-0.3, -0.25) is 4.90 Å². The van der Waals surface area contributed by atoms with Gasteiger partial charge in [0.1, 0.15) is 0 Å². The summed E-state index contributed by atoms with van der Waals surface area (Å²) in [6.45, 7) is 8.24. The van der Waals surface area contributed by atoms with Crippen molar-refractivity contribution in [3.63, 3.8) is 0 Å². The van der Waals surface area contributed by atoms with Crippen molar-refractivity contribution in [3.8, 4) is 0 Å². The summed E-state index contributed by atoms with van der Waals surface area (Å²) in [5.41, 5.74) is 0. The molecule has 0 aliphatic carbocycles. The van der Waals surface area contributed by atoms with E-state index in [9.17, 15) is 0 Å². The Labute approximate surface area is 83.5 Å². The Bertz CT molecular complexity index is 133. The van der Waals surface area contributed by atoms with Crippen LogP contribution in [0.2, 0.25) is 0 Å². The van der Waals surface area contributed by atoms with Crippen molar-refractivity contribution in [1.29, 1.82) is 0 Å². The summed E-state index contributed by atoms with van der Waals surface area (Å²) in [6, 6.07) is 1.73. The van der Waals surface area contributed by atoms with Crippen molar-refractivity contribution in [3.05, 3.63) is 0 Å². The van der Waals surface area contributed by atoms with Gasteiger partial charge in [-0.25, -0.2) is 0 Å². The van der Waals surface area contributed by atoms with E-state index >= 15 is 0 Å². The number of unbranched alkanes of at least 4 members (excludes halogenated alkanes) is 1. The number of hydrogen-bond donors (Lipinski definition) is 0. The lowest BCUT2D eigenvalue weighted by Crippen LogP contribution is -2.44. The molecule has 0 spiro atoms. The van der Waals surface area contributed by atoms with Crippen LogP contribution in [0.5, 0.6) is 0 Å². The van der Waals surface area contributed by atoms with Crippen LogP contribution in [0.3, 0.4) is 0 Å². The first-order valence-corrected chi connectivity index (χ1v) is 6.05. The minimum Gasteiger partial charge on any atom is -0.298 e. The molecule has 0 aromatic heterocycles. The van der Waals surface area contributed by atoms with Gasteiger partial charge in [-0.05, 0) is 32.7 Å². The second-order valence-corrected chi connectivity index (χ2v) is 4.41. The molecule has 78 valence electrons. The summed E-state index contributed by atoms with van der Waals surface area (Å²) in [5, 5.41) is 0. The van der Waals surface area contributed by atoms with Crippen LogP contribution >= 0.6 is 0 Å². The fourth-order valence-electron chi connectivity index (χ4n) is 2.66. The van der Waals surface area contributed by atoms with Crippen molar-refractivity contribution < 1.29 is 0 Å². The maximum absolute atomic E-state index is 2.71.